The van der Waals surface area contributed by atoms with Gasteiger partial charge in [-0.15, -0.1) is 0 Å². The van der Waals surface area contributed by atoms with Crippen LogP contribution in [0.5, 0.6) is 5.75 Å². The molecule has 1 saturated heterocycles. The molecule has 2 rings (SSSR count). The molecule has 1 aliphatic heterocycles. The van der Waals surface area contributed by atoms with Gasteiger partial charge >= 0.3 is 0 Å². The molecule has 1 aromatic rings. The number of aliphatic hydroxyl groups excluding tert-OH is 1. The second kappa shape index (κ2) is 5.66. The summed E-state index contributed by atoms with van der Waals surface area (Å²) >= 11 is 3.45. The number of halogens is 1. The molecule has 1 heterocycles. The summed E-state index contributed by atoms with van der Waals surface area (Å²) in [6.07, 6.45) is 2.01. The molecule has 0 atom stereocenters. The first-order valence-electron chi connectivity index (χ1n) is 5.44. The third-order valence-corrected chi connectivity index (χ3v) is 3.30. The molecule has 0 amide bonds. The van der Waals surface area contributed by atoms with E-state index in [0.29, 0.717) is 0 Å². The van der Waals surface area contributed by atoms with Gasteiger partial charge in [0.1, 0.15) is 11.9 Å². The average Bonchev–Trinajstić information content (AvgIpc) is 2.33. The molecule has 0 bridgehead atoms. The summed E-state index contributed by atoms with van der Waals surface area (Å²) in [5.41, 5.74) is 0.820. The lowest BCUT2D eigenvalue weighted by atomic mass is 10.1. The maximum Gasteiger partial charge on any atom is 0.139 e. The van der Waals surface area contributed by atoms with E-state index >= 15 is 0 Å². The Bertz CT molecular complexity index is 348. The standard InChI is InChI=1S/C12H15BrO3/c13-11-3-1-2-9(8-14)12(11)16-10-4-6-15-7-5-10/h1-3,10,14H,4-8H2. The lowest BCUT2D eigenvalue weighted by Crippen LogP contribution is -2.26. The SMILES string of the molecule is OCc1cccc(Br)c1OC1CCOCC1. The lowest BCUT2D eigenvalue weighted by Gasteiger charge is -2.25. The number of benzene rings is 1. The Hall–Kier alpha value is -0.580. The predicted molar refractivity (Wildman–Crippen MR) is 64.5 cm³/mol. The minimum Gasteiger partial charge on any atom is -0.489 e. The van der Waals surface area contributed by atoms with Crippen molar-refractivity contribution in [2.45, 2.75) is 25.6 Å². The summed E-state index contributed by atoms with van der Waals surface area (Å²) in [4.78, 5) is 0. The van der Waals surface area contributed by atoms with Crippen molar-refractivity contribution < 1.29 is 14.6 Å². The fraction of sp³-hybridized carbons (Fsp3) is 0.500. The van der Waals surface area contributed by atoms with Gasteiger partial charge in [-0.1, -0.05) is 12.1 Å². The van der Waals surface area contributed by atoms with Crippen LogP contribution >= 0.6 is 15.9 Å². The van der Waals surface area contributed by atoms with Crippen molar-refractivity contribution in [2.75, 3.05) is 13.2 Å². The van der Waals surface area contributed by atoms with Crippen LogP contribution in [-0.2, 0) is 11.3 Å². The van der Waals surface area contributed by atoms with Crippen molar-refractivity contribution >= 4 is 15.9 Å². The Kier molecular flexibility index (Phi) is 4.21. The highest BCUT2D eigenvalue weighted by atomic mass is 79.9. The number of hydrogen-bond acceptors (Lipinski definition) is 3. The highest BCUT2D eigenvalue weighted by Gasteiger charge is 2.18. The van der Waals surface area contributed by atoms with Gasteiger partial charge in [0, 0.05) is 18.4 Å². The summed E-state index contributed by atoms with van der Waals surface area (Å²) in [6.45, 7) is 1.51. The molecular weight excluding hydrogens is 272 g/mol. The largest absolute Gasteiger partial charge is 0.489 e. The second-order valence-corrected chi connectivity index (χ2v) is 4.67. The summed E-state index contributed by atoms with van der Waals surface area (Å²) in [5, 5.41) is 9.25. The van der Waals surface area contributed by atoms with Crippen molar-refractivity contribution in [3.63, 3.8) is 0 Å². The van der Waals surface area contributed by atoms with Crippen molar-refractivity contribution in [1.82, 2.24) is 0 Å². The molecule has 1 aromatic carbocycles. The van der Waals surface area contributed by atoms with Crippen molar-refractivity contribution in [3.05, 3.63) is 28.2 Å². The third-order valence-electron chi connectivity index (χ3n) is 2.67. The second-order valence-electron chi connectivity index (χ2n) is 3.82. The Balaban J connectivity index is 2.12. The van der Waals surface area contributed by atoms with Gasteiger partial charge < -0.3 is 14.6 Å². The smallest absolute Gasteiger partial charge is 0.139 e. The minimum absolute atomic E-state index is 0.00199. The van der Waals surface area contributed by atoms with E-state index in [1.54, 1.807) is 0 Å². The van der Waals surface area contributed by atoms with Gasteiger partial charge in [0.25, 0.3) is 0 Å². The highest BCUT2D eigenvalue weighted by molar-refractivity contribution is 9.10. The lowest BCUT2D eigenvalue weighted by molar-refractivity contribution is 0.0244. The molecule has 1 N–H and O–H groups in total. The van der Waals surface area contributed by atoms with Gasteiger partial charge in [0.05, 0.1) is 24.3 Å². The Labute approximate surface area is 104 Å². The zero-order valence-corrected chi connectivity index (χ0v) is 10.6. The maximum atomic E-state index is 9.25. The molecule has 88 valence electrons. The zero-order chi connectivity index (χ0) is 11.4. The van der Waals surface area contributed by atoms with Crippen LogP contribution < -0.4 is 4.74 Å². The molecule has 0 aliphatic carbocycles. The molecule has 1 aliphatic rings. The van der Waals surface area contributed by atoms with Crippen LogP contribution in [0.15, 0.2) is 22.7 Å². The number of ether oxygens (including phenoxy) is 2. The Morgan fingerprint density at radius 1 is 1.38 bits per heavy atom. The van der Waals surface area contributed by atoms with Gasteiger partial charge in [0.15, 0.2) is 0 Å². The van der Waals surface area contributed by atoms with E-state index in [9.17, 15) is 5.11 Å². The van der Waals surface area contributed by atoms with Gasteiger partial charge in [0.2, 0.25) is 0 Å². The molecule has 0 saturated carbocycles. The third kappa shape index (κ3) is 2.75. The maximum absolute atomic E-state index is 9.25. The molecule has 16 heavy (non-hydrogen) atoms. The fourth-order valence-corrected chi connectivity index (χ4v) is 2.27. The first-order valence-corrected chi connectivity index (χ1v) is 6.23. The monoisotopic (exact) mass is 286 g/mol. The molecule has 4 heteroatoms. The van der Waals surface area contributed by atoms with Crippen LogP contribution in [0, 0.1) is 0 Å². The van der Waals surface area contributed by atoms with Crippen LogP contribution in [0.3, 0.4) is 0 Å². The summed E-state index contributed by atoms with van der Waals surface area (Å²) < 4.78 is 12.1. The van der Waals surface area contributed by atoms with Gasteiger partial charge in [-0.25, -0.2) is 0 Å². The number of hydrogen-bond donors (Lipinski definition) is 1. The summed E-state index contributed by atoms with van der Waals surface area (Å²) in [7, 11) is 0. The van der Waals surface area contributed by atoms with Gasteiger partial charge in [-0.05, 0) is 22.0 Å². The Morgan fingerprint density at radius 3 is 2.81 bits per heavy atom. The van der Waals surface area contributed by atoms with Crippen LogP contribution in [0.1, 0.15) is 18.4 Å². The average molecular weight is 287 g/mol. The van der Waals surface area contributed by atoms with Crippen LogP contribution in [-0.4, -0.2) is 24.4 Å². The van der Waals surface area contributed by atoms with E-state index in [4.69, 9.17) is 9.47 Å². The number of para-hydroxylation sites is 1. The van der Waals surface area contributed by atoms with Crippen molar-refractivity contribution in [3.8, 4) is 5.75 Å². The van der Waals surface area contributed by atoms with Crippen LogP contribution in [0.2, 0.25) is 0 Å². The molecular formula is C12H15BrO3. The minimum atomic E-state index is -0.00199. The van der Waals surface area contributed by atoms with Crippen molar-refractivity contribution in [1.29, 1.82) is 0 Å². The Morgan fingerprint density at radius 2 is 2.12 bits per heavy atom. The number of aliphatic hydroxyl groups is 1. The quantitative estimate of drug-likeness (QED) is 0.928. The summed E-state index contributed by atoms with van der Waals surface area (Å²) in [6, 6.07) is 5.69. The van der Waals surface area contributed by atoms with E-state index in [1.165, 1.54) is 0 Å². The van der Waals surface area contributed by atoms with Crippen molar-refractivity contribution in [2.24, 2.45) is 0 Å². The first kappa shape index (κ1) is 11.9. The van der Waals surface area contributed by atoms with Crippen LogP contribution in [0.25, 0.3) is 0 Å². The summed E-state index contributed by atoms with van der Waals surface area (Å²) in [5.74, 6) is 0.761. The molecule has 1 fully saturated rings. The van der Waals surface area contributed by atoms with E-state index in [0.717, 1.165) is 41.8 Å². The van der Waals surface area contributed by atoms with E-state index in [-0.39, 0.29) is 12.7 Å². The fourth-order valence-electron chi connectivity index (χ4n) is 1.77. The molecule has 0 spiro atoms. The molecule has 3 nitrogen and oxygen atoms in total. The van der Waals surface area contributed by atoms with Gasteiger partial charge in [-0.2, -0.15) is 0 Å². The van der Waals surface area contributed by atoms with E-state index in [2.05, 4.69) is 15.9 Å². The predicted octanol–water partition coefficient (Wildman–Crippen LogP) is 2.50. The van der Waals surface area contributed by atoms with E-state index in [1.807, 2.05) is 18.2 Å². The highest BCUT2D eigenvalue weighted by Crippen LogP contribution is 2.31. The zero-order valence-electron chi connectivity index (χ0n) is 8.99. The molecule has 0 radical (unpaired) electrons. The normalized spacial score (nSPS) is 17.4. The van der Waals surface area contributed by atoms with Crippen LogP contribution in [0.4, 0.5) is 0 Å². The first-order chi connectivity index (χ1) is 7.81. The van der Waals surface area contributed by atoms with E-state index < -0.39 is 0 Å². The van der Waals surface area contributed by atoms with Gasteiger partial charge in [-0.3, -0.25) is 0 Å². The molecule has 0 unspecified atom stereocenters. The molecule has 0 aromatic heterocycles. The number of rotatable bonds is 3. The topological polar surface area (TPSA) is 38.7 Å².